The first kappa shape index (κ1) is 11.4. The maximum atomic E-state index is 4.03. The predicted octanol–water partition coefficient (Wildman–Crippen LogP) is 2.87. The van der Waals surface area contributed by atoms with Crippen LogP contribution in [0.2, 0.25) is 0 Å². The number of aromatic amines is 1. The summed E-state index contributed by atoms with van der Waals surface area (Å²) in [5, 5.41) is 12.6. The molecule has 0 radical (unpaired) electrons. The molecule has 86 valence electrons. The van der Waals surface area contributed by atoms with Crippen LogP contribution in [0.25, 0.3) is 0 Å². The lowest BCUT2D eigenvalue weighted by atomic mass is 10.1. The van der Waals surface area contributed by atoms with E-state index in [9.17, 15) is 0 Å². The largest absolute Gasteiger partial charge is 0.305 e. The molecule has 1 atom stereocenters. The van der Waals surface area contributed by atoms with Gasteiger partial charge in [0, 0.05) is 16.6 Å². The molecule has 2 aromatic rings. The number of hydrogen-bond acceptors (Lipinski definition) is 3. The first-order valence-electron chi connectivity index (χ1n) is 5.59. The molecule has 0 aliphatic heterocycles. The highest BCUT2D eigenvalue weighted by atomic mass is 32.1. The molecular formula is C12H17N3S. The minimum Gasteiger partial charge on any atom is -0.305 e. The summed E-state index contributed by atoms with van der Waals surface area (Å²) < 4.78 is 0. The molecule has 2 heterocycles. The van der Waals surface area contributed by atoms with Crippen molar-refractivity contribution >= 4 is 11.3 Å². The van der Waals surface area contributed by atoms with E-state index in [2.05, 4.69) is 40.8 Å². The van der Waals surface area contributed by atoms with Crippen LogP contribution in [0.3, 0.4) is 0 Å². The zero-order valence-electron chi connectivity index (χ0n) is 9.66. The van der Waals surface area contributed by atoms with Crippen molar-refractivity contribution in [2.45, 2.75) is 26.3 Å². The highest BCUT2D eigenvalue weighted by Crippen LogP contribution is 2.28. The van der Waals surface area contributed by atoms with Crippen molar-refractivity contribution in [2.24, 2.45) is 0 Å². The van der Waals surface area contributed by atoms with E-state index < -0.39 is 0 Å². The molecule has 1 unspecified atom stereocenters. The van der Waals surface area contributed by atoms with Gasteiger partial charge in [0.05, 0.1) is 12.2 Å². The Bertz CT molecular complexity index is 419. The van der Waals surface area contributed by atoms with Gasteiger partial charge in [0.15, 0.2) is 0 Å². The zero-order chi connectivity index (χ0) is 11.4. The Labute approximate surface area is 99.9 Å². The van der Waals surface area contributed by atoms with Gasteiger partial charge in [0.1, 0.15) is 0 Å². The van der Waals surface area contributed by atoms with Crippen molar-refractivity contribution in [3.63, 3.8) is 0 Å². The van der Waals surface area contributed by atoms with Gasteiger partial charge in [-0.2, -0.15) is 5.10 Å². The Morgan fingerprint density at radius 1 is 1.56 bits per heavy atom. The summed E-state index contributed by atoms with van der Waals surface area (Å²) in [4.78, 5) is 1.38. The molecule has 0 spiro atoms. The average molecular weight is 235 g/mol. The van der Waals surface area contributed by atoms with Crippen LogP contribution in [-0.2, 0) is 0 Å². The number of aromatic nitrogens is 2. The topological polar surface area (TPSA) is 40.7 Å². The maximum Gasteiger partial charge on any atom is 0.0704 e. The van der Waals surface area contributed by atoms with Crippen molar-refractivity contribution in [3.8, 4) is 0 Å². The van der Waals surface area contributed by atoms with E-state index in [0.717, 1.165) is 13.0 Å². The fourth-order valence-corrected chi connectivity index (χ4v) is 2.78. The molecule has 0 aliphatic carbocycles. The summed E-state index contributed by atoms with van der Waals surface area (Å²) >= 11 is 1.80. The molecule has 0 aromatic carbocycles. The van der Waals surface area contributed by atoms with Crippen LogP contribution < -0.4 is 5.32 Å². The number of nitrogens with one attached hydrogen (secondary N) is 2. The lowest BCUT2D eigenvalue weighted by molar-refractivity contribution is 0.604. The van der Waals surface area contributed by atoms with Crippen LogP contribution in [0, 0.1) is 6.92 Å². The third-order valence-corrected chi connectivity index (χ3v) is 3.70. The monoisotopic (exact) mass is 235 g/mol. The van der Waals surface area contributed by atoms with E-state index in [1.165, 1.54) is 16.0 Å². The molecule has 3 nitrogen and oxygen atoms in total. The first-order chi connectivity index (χ1) is 7.83. The second-order valence-electron chi connectivity index (χ2n) is 3.89. The average Bonchev–Trinajstić information content (AvgIpc) is 2.91. The Hall–Kier alpha value is -1.13. The van der Waals surface area contributed by atoms with E-state index in [1.807, 2.05) is 12.4 Å². The minimum absolute atomic E-state index is 0.277. The molecule has 4 heteroatoms. The van der Waals surface area contributed by atoms with Gasteiger partial charge in [-0.1, -0.05) is 6.92 Å². The minimum atomic E-state index is 0.277. The van der Waals surface area contributed by atoms with Gasteiger partial charge in [0.25, 0.3) is 0 Å². The Morgan fingerprint density at radius 2 is 2.44 bits per heavy atom. The summed E-state index contributed by atoms with van der Waals surface area (Å²) in [6.45, 7) is 5.36. The molecule has 0 saturated carbocycles. The van der Waals surface area contributed by atoms with Gasteiger partial charge in [0.2, 0.25) is 0 Å². The summed E-state index contributed by atoms with van der Waals surface area (Å²) in [6.07, 6.45) is 5.00. The van der Waals surface area contributed by atoms with E-state index >= 15 is 0 Å². The molecule has 2 N–H and O–H groups in total. The second kappa shape index (κ2) is 5.27. The van der Waals surface area contributed by atoms with E-state index in [-0.39, 0.29) is 6.04 Å². The second-order valence-corrected chi connectivity index (χ2v) is 4.83. The van der Waals surface area contributed by atoms with Gasteiger partial charge in [-0.3, -0.25) is 5.10 Å². The van der Waals surface area contributed by atoms with Crippen molar-refractivity contribution in [3.05, 3.63) is 39.8 Å². The third-order valence-electron chi connectivity index (χ3n) is 2.62. The first-order valence-corrected chi connectivity index (χ1v) is 6.47. The SMILES string of the molecule is CCCNC(c1cn[nH]c1)c1sccc1C. The summed E-state index contributed by atoms with van der Waals surface area (Å²) in [5.41, 5.74) is 2.55. The molecule has 0 fully saturated rings. The zero-order valence-corrected chi connectivity index (χ0v) is 10.5. The molecule has 16 heavy (non-hydrogen) atoms. The number of nitrogens with zero attached hydrogens (tertiary/aromatic N) is 1. The smallest absolute Gasteiger partial charge is 0.0704 e. The molecule has 0 saturated heterocycles. The Kier molecular flexibility index (Phi) is 3.74. The summed E-state index contributed by atoms with van der Waals surface area (Å²) in [7, 11) is 0. The Morgan fingerprint density at radius 3 is 3.00 bits per heavy atom. The molecule has 0 amide bonds. The van der Waals surface area contributed by atoms with Gasteiger partial charge in [-0.25, -0.2) is 0 Å². The van der Waals surface area contributed by atoms with Gasteiger partial charge < -0.3 is 5.32 Å². The van der Waals surface area contributed by atoms with Crippen molar-refractivity contribution in [1.82, 2.24) is 15.5 Å². The third kappa shape index (κ3) is 2.33. The van der Waals surface area contributed by atoms with Gasteiger partial charge >= 0.3 is 0 Å². The number of H-pyrrole nitrogens is 1. The number of hydrogen-bond donors (Lipinski definition) is 2. The number of aryl methyl sites for hydroxylation is 1. The molecule has 2 aromatic heterocycles. The summed E-state index contributed by atoms with van der Waals surface area (Å²) in [5.74, 6) is 0. The normalized spacial score (nSPS) is 12.9. The van der Waals surface area contributed by atoms with Gasteiger partial charge in [-0.05, 0) is 36.9 Å². The van der Waals surface area contributed by atoms with Crippen LogP contribution >= 0.6 is 11.3 Å². The van der Waals surface area contributed by atoms with Crippen molar-refractivity contribution < 1.29 is 0 Å². The van der Waals surface area contributed by atoms with Crippen LogP contribution in [0.5, 0.6) is 0 Å². The highest BCUT2D eigenvalue weighted by molar-refractivity contribution is 7.10. The van der Waals surface area contributed by atoms with E-state index in [4.69, 9.17) is 0 Å². The van der Waals surface area contributed by atoms with Crippen molar-refractivity contribution in [1.29, 1.82) is 0 Å². The molecule has 2 rings (SSSR count). The van der Waals surface area contributed by atoms with Gasteiger partial charge in [-0.15, -0.1) is 11.3 Å². The standard InChI is InChI=1S/C12H17N3S/c1-3-5-13-11(10-7-14-15-8-10)12-9(2)4-6-16-12/h4,6-8,11,13H,3,5H2,1-2H3,(H,14,15). The van der Waals surface area contributed by atoms with E-state index in [0.29, 0.717) is 0 Å². The molecular weight excluding hydrogens is 218 g/mol. The number of rotatable bonds is 5. The fraction of sp³-hybridized carbons (Fsp3) is 0.417. The van der Waals surface area contributed by atoms with Crippen molar-refractivity contribution in [2.75, 3.05) is 6.54 Å². The highest BCUT2D eigenvalue weighted by Gasteiger charge is 2.17. The quantitative estimate of drug-likeness (QED) is 0.836. The molecule has 0 aliphatic rings. The maximum absolute atomic E-state index is 4.03. The fourth-order valence-electron chi connectivity index (χ4n) is 1.75. The van der Waals surface area contributed by atoms with Crippen LogP contribution in [-0.4, -0.2) is 16.7 Å². The van der Waals surface area contributed by atoms with Crippen LogP contribution in [0.15, 0.2) is 23.8 Å². The van der Waals surface area contributed by atoms with Crippen LogP contribution in [0.4, 0.5) is 0 Å². The Balaban J connectivity index is 2.25. The predicted molar refractivity (Wildman–Crippen MR) is 67.8 cm³/mol. The lowest BCUT2D eigenvalue weighted by Gasteiger charge is -2.16. The van der Waals surface area contributed by atoms with E-state index in [1.54, 1.807) is 11.3 Å². The van der Waals surface area contributed by atoms with Crippen LogP contribution in [0.1, 0.15) is 35.4 Å². The summed E-state index contributed by atoms with van der Waals surface area (Å²) in [6, 6.07) is 2.44. The number of thiophene rings is 1. The molecule has 0 bridgehead atoms. The lowest BCUT2D eigenvalue weighted by Crippen LogP contribution is -2.22.